The van der Waals surface area contributed by atoms with Crippen LogP contribution in [0.1, 0.15) is 31.5 Å². The van der Waals surface area contributed by atoms with Crippen LogP contribution >= 0.6 is 0 Å². The summed E-state index contributed by atoms with van der Waals surface area (Å²) in [7, 11) is 0. The minimum atomic E-state index is 0.133. The number of aryl methyl sites for hydroxylation is 1. The molecule has 0 amide bonds. The van der Waals surface area contributed by atoms with Crippen molar-refractivity contribution in [2.24, 2.45) is 0 Å². The van der Waals surface area contributed by atoms with E-state index in [4.69, 9.17) is 0 Å². The maximum absolute atomic E-state index is 12.1. The second-order valence-corrected chi connectivity index (χ2v) is 4.60. The zero-order valence-electron chi connectivity index (χ0n) is 14.0. The molecule has 0 aliphatic rings. The number of para-hydroxylation sites is 1. The van der Waals surface area contributed by atoms with Crippen LogP contribution < -0.4 is 5.43 Å². The molecule has 0 aliphatic carbocycles. The molecular weight excluding hydrogens is 270 g/mol. The SMILES string of the molecule is C/C=C\C.C=C.C=CCCc1[nH]c2ccccc2c(=O)c1C. The van der Waals surface area contributed by atoms with Gasteiger partial charge in [-0.2, -0.15) is 0 Å². The Labute approximate surface area is 133 Å². The summed E-state index contributed by atoms with van der Waals surface area (Å²) < 4.78 is 0. The van der Waals surface area contributed by atoms with Crippen LogP contribution in [0.15, 0.2) is 67.0 Å². The smallest absolute Gasteiger partial charge is 0.192 e. The maximum Gasteiger partial charge on any atom is 0.192 e. The van der Waals surface area contributed by atoms with Crippen molar-refractivity contribution in [1.29, 1.82) is 0 Å². The fourth-order valence-corrected chi connectivity index (χ4v) is 1.88. The molecule has 2 rings (SSSR count). The van der Waals surface area contributed by atoms with Crippen molar-refractivity contribution in [2.75, 3.05) is 0 Å². The lowest BCUT2D eigenvalue weighted by atomic mass is 10.1. The van der Waals surface area contributed by atoms with Crippen LogP contribution in [0.3, 0.4) is 0 Å². The van der Waals surface area contributed by atoms with Crippen LogP contribution in [0.4, 0.5) is 0 Å². The van der Waals surface area contributed by atoms with E-state index in [0.29, 0.717) is 0 Å². The number of hydrogen-bond acceptors (Lipinski definition) is 1. The fourth-order valence-electron chi connectivity index (χ4n) is 1.88. The first-order chi connectivity index (χ1) is 10.7. The Hall–Kier alpha value is -2.35. The number of H-pyrrole nitrogens is 1. The highest BCUT2D eigenvalue weighted by Gasteiger charge is 2.06. The van der Waals surface area contributed by atoms with Gasteiger partial charge in [0.05, 0.1) is 0 Å². The minimum absolute atomic E-state index is 0.133. The predicted molar refractivity (Wildman–Crippen MR) is 99.6 cm³/mol. The first kappa shape index (κ1) is 19.7. The van der Waals surface area contributed by atoms with Crippen LogP contribution in [-0.2, 0) is 6.42 Å². The lowest BCUT2D eigenvalue weighted by Crippen LogP contribution is -2.11. The van der Waals surface area contributed by atoms with Gasteiger partial charge in [-0.1, -0.05) is 30.4 Å². The van der Waals surface area contributed by atoms with Gasteiger partial charge < -0.3 is 4.98 Å². The molecule has 2 aromatic rings. The standard InChI is InChI=1S/C14H15NO.C4H8.C2H4/c1-3-4-8-12-10(2)14(16)11-7-5-6-9-13(11)15-12;1-3-4-2;1-2/h3,5-7,9H,1,4,8H2,2H3,(H,15,16);3-4H,1-2H3;1-2H2/b;4-3-;. The third-order valence-corrected chi connectivity index (χ3v) is 3.18. The van der Waals surface area contributed by atoms with E-state index in [0.717, 1.165) is 35.0 Å². The summed E-state index contributed by atoms with van der Waals surface area (Å²) in [6.45, 7) is 15.6. The van der Waals surface area contributed by atoms with Crippen molar-refractivity contribution in [3.05, 3.63) is 83.7 Å². The molecule has 0 spiro atoms. The Balaban J connectivity index is 0.000000640. The molecule has 22 heavy (non-hydrogen) atoms. The summed E-state index contributed by atoms with van der Waals surface area (Å²) in [5, 5.41) is 0.766. The number of rotatable bonds is 3. The molecule has 0 fully saturated rings. The summed E-state index contributed by atoms with van der Waals surface area (Å²) >= 11 is 0. The van der Waals surface area contributed by atoms with Crippen molar-refractivity contribution in [1.82, 2.24) is 4.98 Å². The quantitative estimate of drug-likeness (QED) is 0.762. The Morgan fingerprint density at radius 1 is 1.14 bits per heavy atom. The van der Waals surface area contributed by atoms with Gasteiger partial charge in [-0.05, 0) is 45.7 Å². The molecule has 0 saturated carbocycles. The normalized spacial score (nSPS) is 9.59. The van der Waals surface area contributed by atoms with Gasteiger partial charge >= 0.3 is 0 Å². The number of benzene rings is 1. The lowest BCUT2D eigenvalue weighted by Gasteiger charge is -2.06. The highest BCUT2D eigenvalue weighted by atomic mass is 16.1. The van der Waals surface area contributed by atoms with Crippen LogP contribution in [0.2, 0.25) is 0 Å². The Bertz CT molecular complexity index is 661. The topological polar surface area (TPSA) is 32.9 Å². The first-order valence-electron chi connectivity index (χ1n) is 7.44. The Morgan fingerprint density at radius 2 is 1.73 bits per heavy atom. The second kappa shape index (κ2) is 11.3. The minimum Gasteiger partial charge on any atom is -0.358 e. The van der Waals surface area contributed by atoms with Gasteiger partial charge in [0.25, 0.3) is 0 Å². The molecule has 0 unspecified atom stereocenters. The average molecular weight is 297 g/mol. The number of nitrogens with one attached hydrogen (secondary N) is 1. The van der Waals surface area contributed by atoms with Crippen molar-refractivity contribution >= 4 is 10.9 Å². The van der Waals surface area contributed by atoms with Crippen molar-refractivity contribution in [3.8, 4) is 0 Å². The molecule has 0 aliphatic heterocycles. The molecule has 0 radical (unpaired) electrons. The number of aromatic amines is 1. The number of fused-ring (bicyclic) bond motifs is 1. The van der Waals surface area contributed by atoms with E-state index in [1.54, 1.807) is 0 Å². The zero-order chi connectivity index (χ0) is 17.0. The van der Waals surface area contributed by atoms with E-state index in [-0.39, 0.29) is 5.43 Å². The van der Waals surface area contributed by atoms with Crippen LogP contribution in [-0.4, -0.2) is 4.98 Å². The number of allylic oxidation sites excluding steroid dienone is 3. The molecule has 0 saturated heterocycles. The summed E-state index contributed by atoms with van der Waals surface area (Å²) in [5.74, 6) is 0. The summed E-state index contributed by atoms with van der Waals surface area (Å²) in [6, 6.07) is 7.62. The van der Waals surface area contributed by atoms with Crippen LogP contribution in [0.25, 0.3) is 10.9 Å². The van der Waals surface area contributed by atoms with Crippen LogP contribution in [0, 0.1) is 6.92 Å². The third kappa shape index (κ3) is 5.57. The van der Waals surface area contributed by atoms with Gasteiger partial charge in [-0.25, -0.2) is 0 Å². The Morgan fingerprint density at radius 3 is 2.27 bits per heavy atom. The average Bonchev–Trinajstić information content (AvgIpc) is 2.59. The van der Waals surface area contributed by atoms with Crippen molar-refractivity contribution in [3.63, 3.8) is 0 Å². The molecule has 1 aromatic heterocycles. The molecule has 1 heterocycles. The van der Waals surface area contributed by atoms with Gasteiger partial charge in [-0.3, -0.25) is 4.79 Å². The largest absolute Gasteiger partial charge is 0.358 e. The highest BCUT2D eigenvalue weighted by Crippen LogP contribution is 2.12. The van der Waals surface area contributed by atoms with Gasteiger partial charge in [0.2, 0.25) is 0 Å². The zero-order valence-corrected chi connectivity index (χ0v) is 14.0. The second-order valence-electron chi connectivity index (χ2n) is 4.60. The van der Waals surface area contributed by atoms with Gasteiger partial charge in [0.1, 0.15) is 0 Å². The monoisotopic (exact) mass is 297 g/mol. The van der Waals surface area contributed by atoms with Gasteiger partial charge in [0, 0.05) is 22.2 Å². The summed E-state index contributed by atoms with van der Waals surface area (Å²) in [5.41, 5.74) is 2.88. The fraction of sp³-hybridized carbons (Fsp3) is 0.250. The number of hydrogen-bond donors (Lipinski definition) is 1. The van der Waals surface area contributed by atoms with Gasteiger partial charge in [-0.15, -0.1) is 19.7 Å². The highest BCUT2D eigenvalue weighted by molar-refractivity contribution is 5.79. The molecule has 2 nitrogen and oxygen atoms in total. The molecule has 0 bridgehead atoms. The van der Waals surface area contributed by atoms with E-state index in [9.17, 15) is 4.79 Å². The lowest BCUT2D eigenvalue weighted by molar-refractivity contribution is 0.937. The summed E-state index contributed by atoms with van der Waals surface area (Å²) in [6.07, 6.45) is 7.59. The number of pyridine rings is 1. The maximum atomic E-state index is 12.1. The van der Waals surface area contributed by atoms with E-state index >= 15 is 0 Å². The first-order valence-corrected chi connectivity index (χ1v) is 7.44. The van der Waals surface area contributed by atoms with Crippen LogP contribution in [0.5, 0.6) is 0 Å². The van der Waals surface area contributed by atoms with E-state index < -0.39 is 0 Å². The Kier molecular flexibility index (Phi) is 10.1. The predicted octanol–water partition coefficient (Wildman–Crippen LogP) is 5.34. The van der Waals surface area contributed by atoms with Gasteiger partial charge in [0.15, 0.2) is 5.43 Å². The van der Waals surface area contributed by atoms with Crippen molar-refractivity contribution in [2.45, 2.75) is 33.6 Å². The summed E-state index contributed by atoms with van der Waals surface area (Å²) in [4.78, 5) is 15.4. The number of aromatic nitrogens is 1. The van der Waals surface area contributed by atoms with E-state index in [1.165, 1.54) is 0 Å². The molecular formula is C20H27NO. The van der Waals surface area contributed by atoms with Crippen molar-refractivity contribution < 1.29 is 0 Å². The molecule has 118 valence electrons. The van der Waals surface area contributed by atoms with E-state index in [1.807, 2.05) is 63.3 Å². The third-order valence-electron chi connectivity index (χ3n) is 3.18. The molecule has 0 atom stereocenters. The van der Waals surface area contributed by atoms with E-state index in [2.05, 4.69) is 24.7 Å². The molecule has 2 heteroatoms. The molecule has 1 N–H and O–H groups in total. The molecule has 1 aromatic carbocycles.